The molecule has 0 amide bonds. The summed E-state index contributed by atoms with van der Waals surface area (Å²) >= 11 is 5.87. The minimum Gasteiger partial charge on any atom is -0.339 e. The van der Waals surface area contributed by atoms with Crippen molar-refractivity contribution in [3.8, 4) is 0 Å². The summed E-state index contributed by atoms with van der Waals surface area (Å²) in [6.45, 7) is 0. The maximum atomic E-state index is 6.33. The average molecular weight is 292 g/mol. The minimum atomic E-state index is -0.149. The van der Waals surface area contributed by atoms with Crippen LogP contribution in [0, 0.1) is 0 Å². The van der Waals surface area contributed by atoms with E-state index >= 15 is 0 Å². The molecule has 0 spiro atoms. The Morgan fingerprint density at radius 2 is 1.90 bits per heavy atom. The van der Waals surface area contributed by atoms with Crippen LogP contribution in [0.4, 0.5) is 0 Å². The number of hydrogen-bond donors (Lipinski definition) is 1. The Labute approximate surface area is 123 Å². The highest BCUT2D eigenvalue weighted by molar-refractivity contribution is 6.30. The van der Waals surface area contributed by atoms with Gasteiger partial charge in [0.05, 0.1) is 0 Å². The summed E-state index contributed by atoms with van der Waals surface area (Å²) in [4.78, 5) is 4.45. The van der Waals surface area contributed by atoms with E-state index in [4.69, 9.17) is 21.9 Å². The molecule has 106 valence electrons. The Morgan fingerprint density at radius 3 is 2.60 bits per heavy atom. The fourth-order valence-corrected chi connectivity index (χ4v) is 2.90. The molecule has 4 nitrogen and oxygen atoms in total. The maximum Gasteiger partial charge on any atom is 0.228 e. The Bertz CT molecular complexity index is 573. The highest BCUT2D eigenvalue weighted by atomic mass is 35.5. The highest BCUT2D eigenvalue weighted by Crippen LogP contribution is 2.30. The molecule has 2 aromatic rings. The zero-order chi connectivity index (χ0) is 14.0. The zero-order valence-corrected chi connectivity index (χ0v) is 12.1. The van der Waals surface area contributed by atoms with Gasteiger partial charge in [-0.2, -0.15) is 4.98 Å². The first kappa shape index (κ1) is 13.6. The van der Waals surface area contributed by atoms with Crippen LogP contribution in [0.2, 0.25) is 5.02 Å². The molecular weight excluding hydrogens is 274 g/mol. The van der Waals surface area contributed by atoms with Crippen LogP contribution in [0.25, 0.3) is 0 Å². The van der Waals surface area contributed by atoms with Crippen LogP contribution in [0.1, 0.15) is 43.0 Å². The van der Waals surface area contributed by atoms with E-state index < -0.39 is 0 Å². The van der Waals surface area contributed by atoms with Gasteiger partial charge in [0.15, 0.2) is 5.82 Å². The average Bonchev–Trinajstić information content (AvgIpc) is 3.02. The minimum absolute atomic E-state index is 0.149. The van der Waals surface area contributed by atoms with E-state index in [1.807, 2.05) is 24.3 Å². The Balaban J connectivity index is 1.66. The van der Waals surface area contributed by atoms with Gasteiger partial charge in [-0.25, -0.2) is 0 Å². The Hall–Kier alpha value is -1.39. The van der Waals surface area contributed by atoms with E-state index in [1.165, 1.54) is 12.8 Å². The SMILES string of the molecule is NC1(Cc2nc(Cc3ccc(Cl)cc3)no2)CCCC1. The van der Waals surface area contributed by atoms with Crippen LogP contribution >= 0.6 is 11.6 Å². The summed E-state index contributed by atoms with van der Waals surface area (Å²) in [5, 5.41) is 4.76. The summed E-state index contributed by atoms with van der Waals surface area (Å²) in [6, 6.07) is 7.68. The van der Waals surface area contributed by atoms with Gasteiger partial charge < -0.3 is 10.3 Å². The molecule has 1 aromatic carbocycles. The smallest absolute Gasteiger partial charge is 0.228 e. The van der Waals surface area contributed by atoms with Gasteiger partial charge in [-0.1, -0.05) is 41.7 Å². The van der Waals surface area contributed by atoms with E-state index in [0.29, 0.717) is 24.6 Å². The van der Waals surface area contributed by atoms with Gasteiger partial charge >= 0.3 is 0 Å². The second-order valence-corrected chi connectivity index (χ2v) is 6.09. The fourth-order valence-electron chi connectivity index (χ4n) is 2.78. The first-order chi connectivity index (χ1) is 9.63. The zero-order valence-electron chi connectivity index (χ0n) is 11.3. The summed E-state index contributed by atoms with van der Waals surface area (Å²) in [6.07, 6.45) is 5.81. The van der Waals surface area contributed by atoms with E-state index in [2.05, 4.69) is 10.1 Å². The van der Waals surface area contributed by atoms with Crippen LogP contribution in [0.5, 0.6) is 0 Å². The van der Waals surface area contributed by atoms with Crippen molar-refractivity contribution in [2.24, 2.45) is 5.73 Å². The number of halogens is 1. The van der Waals surface area contributed by atoms with Gasteiger partial charge in [-0.15, -0.1) is 0 Å². The molecule has 0 bridgehead atoms. The third kappa shape index (κ3) is 3.19. The summed E-state index contributed by atoms with van der Waals surface area (Å²) in [5.74, 6) is 1.35. The summed E-state index contributed by atoms with van der Waals surface area (Å²) < 4.78 is 5.32. The van der Waals surface area contributed by atoms with Crippen molar-refractivity contribution >= 4 is 11.6 Å². The molecule has 2 N–H and O–H groups in total. The topological polar surface area (TPSA) is 64.9 Å². The monoisotopic (exact) mass is 291 g/mol. The van der Waals surface area contributed by atoms with Crippen molar-refractivity contribution < 1.29 is 4.52 Å². The second-order valence-electron chi connectivity index (χ2n) is 5.65. The molecule has 0 saturated heterocycles. The lowest BCUT2D eigenvalue weighted by Gasteiger charge is -2.20. The summed E-state index contributed by atoms with van der Waals surface area (Å²) in [5.41, 5.74) is 7.29. The van der Waals surface area contributed by atoms with Gasteiger partial charge in [0, 0.05) is 23.4 Å². The molecule has 0 aliphatic heterocycles. The lowest BCUT2D eigenvalue weighted by Crippen LogP contribution is -2.38. The van der Waals surface area contributed by atoms with Gasteiger partial charge in [0.25, 0.3) is 0 Å². The van der Waals surface area contributed by atoms with Crippen molar-refractivity contribution in [2.45, 2.75) is 44.1 Å². The van der Waals surface area contributed by atoms with Gasteiger partial charge in [0.1, 0.15) is 0 Å². The molecule has 1 fully saturated rings. The van der Waals surface area contributed by atoms with Crippen LogP contribution in [-0.2, 0) is 12.8 Å². The first-order valence-corrected chi connectivity index (χ1v) is 7.36. The Morgan fingerprint density at radius 1 is 1.20 bits per heavy atom. The van der Waals surface area contributed by atoms with Gasteiger partial charge in [-0.3, -0.25) is 0 Å². The first-order valence-electron chi connectivity index (χ1n) is 6.98. The van der Waals surface area contributed by atoms with Crippen molar-refractivity contribution in [1.29, 1.82) is 0 Å². The molecular formula is C15H18ClN3O. The molecule has 1 aliphatic rings. The van der Waals surface area contributed by atoms with Crippen LogP contribution in [-0.4, -0.2) is 15.7 Å². The third-order valence-electron chi connectivity index (χ3n) is 3.89. The standard InChI is InChI=1S/C15H18ClN3O/c16-12-5-3-11(4-6-12)9-13-18-14(20-19-13)10-15(17)7-1-2-8-15/h3-6H,1-2,7-10,17H2. The van der Waals surface area contributed by atoms with Crippen LogP contribution < -0.4 is 5.73 Å². The van der Waals surface area contributed by atoms with Gasteiger partial charge in [-0.05, 0) is 30.5 Å². The predicted octanol–water partition coefficient (Wildman–Crippen LogP) is 3.13. The van der Waals surface area contributed by atoms with Gasteiger partial charge in [0.2, 0.25) is 5.89 Å². The molecule has 0 atom stereocenters. The molecule has 1 aliphatic carbocycles. The highest BCUT2D eigenvalue weighted by Gasteiger charge is 2.31. The third-order valence-corrected chi connectivity index (χ3v) is 4.14. The molecule has 1 saturated carbocycles. The van der Waals surface area contributed by atoms with Crippen LogP contribution in [0.3, 0.4) is 0 Å². The molecule has 20 heavy (non-hydrogen) atoms. The number of aromatic nitrogens is 2. The van der Waals surface area contributed by atoms with Crippen molar-refractivity contribution in [1.82, 2.24) is 10.1 Å². The van der Waals surface area contributed by atoms with E-state index in [-0.39, 0.29) is 5.54 Å². The summed E-state index contributed by atoms with van der Waals surface area (Å²) in [7, 11) is 0. The van der Waals surface area contributed by atoms with Crippen LogP contribution in [0.15, 0.2) is 28.8 Å². The van der Waals surface area contributed by atoms with E-state index in [0.717, 1.165) is 23.4 Å². The number of nitrogens with two attached hydrogens (primary N) is 1. The maximum absolute atomic E-state index is 6.33. The van der Waals surface area contributed by atoms with Crippen molar-refractivity contribution in [3.63, 3.8) is 0 Å². The van der Waals surface area contributed by atoms with Crippen molar-refractivity contribution in [2.75, 3.05) is 0 Å². The number of rotatable bonds is 4. The molecule has 5 heteroatoms. The predicted molar refractivity (Wildman–Crippen MR) is 77.6 cm³/mol. The fraction of sp³-hybridized carbons (Fsp3) is 0.467. The second kappa shape index (κ2) is 5.54. The Kier molecular flexibility index (Phi) is 3.76. The normalized spacial score (nSPS) is 17.5. The molecule has 0 radical (unpaired) electrons. The molecule has 1 aromatic heterocycles. The quantitative estimate of drug-likeness (QED) is 0.940. The lowest BCUT2D eigenvalue weighted by molar-refractivity contribution is 0.327. The van der Waals surface area contributed by atoms with E-state index in [1.54, 1.807) is 0 Å². The van der Waals surface area contributed by atoms with E-state index in [9.17, 15) is 0 Å². The molecule has 0 unspecified atom stereocenters. The van der Waals surface area contributed by atoms with Crippen molar-refractivity contribution in [3.05, 3.63) is 46.6 Å². The molecule has 1 heterocycles. The number of nitrogens with zero attached hydrogens (tertiary/aromatic N) is 2. The number of benzene rings is 1. The largest absolute Gasteiger partial charge is 0.339 e. The lowest BCUT2D eigenvalue weighted by atomic mass is 9.95. The number of hydrogen-bond acceptors (Lipinski definition) is 4. The molecule has 3 rings (SSSR count).